The van der Waals surface area contributed by atoms with Crippen LogP contribution in [0.3, 0.4) is 0 Å². The molecule has 5 nitrogen and oxygen atoms in total. The number of anilines is 1. The second-order valence-corrected chi connectivity index (χ2v) is 6.57. The molecule has 0 spiro atoms. The number of carbonyl (C=O) groups is 1. The molecule has 1 heterocycles. The number of amides is 1. The Hall–Kier alpha value is -2.18. The summed E-state index contributed by atoms with van der Waals surface area (Å²) in [4.78, 5) is 19.8. The van der Waals surface area contributed by atoms with Crippen molar-refractivity contribution in [2.24, 2.45) is 0 Å². The van der Waals surface area contributed by atoms with Gasteiger partial charge in [0, 0.05) is 17.2 Å². The molecular weight excluding hydrogens is 346 g/mol. The molecule has 1 aromatic heterocycles. The van der Waals surface area contributed by atoms with E-state index in [1.54, 1.807) is 25.3 Å². The van der Waals surface area contributed by atoms with Gasteiger partial charge in [0.2, 0.25) is 5.91 Å². The Balaban J connectivity index is 1.55. The Morgan fingerprint density at radius 3 is 2.96 bits per heavy atom. The SMILES string of the molecule is COc1ccc(Cl)cc1NC(=O)CCSc1nc2ccccc2[nH]1. The van der Waals surface area contributed by atoms with Crippen LogP contribution in [-0.2, 0) is 4.79 Å². The molecule has 7 heteroatoms. The van der Waals surface area contributed by atoms with E-state index in [9.17, 15) is 4.79 Å². The number of hydrogen-bond donors (Lipinski definition) is 2. The number of halogens is 1. The maximum atomic E-state index is 12.1. The van der Waals surface area contributed by atoms with E-state index in [2.05, 4.69) is 15.3 Å². The van der Waals surface area contributed by atoms with Gasteiger partial charge in [-0.05, 0) is 30.3 Å². The molecule has 24 heavy (non-hydrogen) atoms. The highest BCUT2D eigenvalue weighted by Crippen LogP contribution is 2.28. The molecular formula is C17H16ClN3O2S. The van der Waals surface area contributed by atoms with Gasteiger partial charge in [0.05, 0.1) is 23.8 Å². The lowest BCUT2D eigenvalue weighted by molar-refractivity contribution is -0.115. The van der Waals surface area contributed by atoms with Crippen LogP contribution in [0.1, 0.15) is 6.42 Å². The summed E-state index contributed by atoms with van der Waals surface area (Å²) in [7, 11) is 1.55. The van der Waals surface area contributed by atoms with Crippen LogP contribution < -0.4 is 10.1 Å². The predicted molar refractivity (Wildman–Crippen MR) is 98.1 cm³/mol. The van der Waals surface area contributed by atoms with Gasteiger partial charge in [0.15, 0.2) is 5.16 Å². The molecule has 124 valence electrons. The number of nitrogens with one attached hydrogen (secondary N) is 2. The first-order valence-corrected chi connectivity index (χ1v) is 8.73. The summed E-state index contributed by atoms with van der Waals surface area (Å²) in [6.45, 7) is 0. The minimum Gasteiger partial charge on any atom is -0.495 e. The van der Waals surface area contributed by atoms with Gasteiger partial charge in [-0.25, -0.2) is 4.98 Å². The quantitative estimate of drug-likeness (QED) is 0.641. The van der Waals surface area contributed by atoms with Gasteiger partial charge in [-0.1, -0.05) is 35.5 Å². The number of imidazole rings is 1. The lowest BCUT2D eigenvalue weighted by atomic mass is 10.3. The number of fused-ring (bicyclic) bond motifs is 1. The Morgan fingerprint density at radius 2 is 2.17 bits per heavy atom. The fourth-order valence-corrected chi connectivity index (χ4v) is 3.23. The molecule has 0 aliphatic heterocycles. The standard InChI is InChI=1S/C17H16ClN3O2S/c1-23-15-7-6-11(18)10-14(15)19-16(22)8-9-24-17-20-12-4-2-3-5-13(12)21-17/h2-7,10H,8-9H2,1H3,(H,19,22)(H,20,21). The van der Waals surface area contributed by atoms with Crippen LogP contribution in [0.2, 0.25) is 5.02 Å². The molecule has 0 aliphatic carbocycles. The molecule has 3 rings (SSSR count). The highest BCUT2D eigenvalue weighted by Gasteiger charge is 2.09. The summed E-state index contributed by atoms with van der Waals surface area (Å²) in [5, 5.41) is 4.18. The first-order chi connectivity index (χ1) is 11.7. The largest absolute Gasteiger partial charge is 0.495 e. The second kappa shape index (κ2) is 7.59. The molecule has 3 aromatic rings. The van der Waals surface area contributed by atoms with E-state index in [0.717, 1.165) is 16.2 Å². The van der Waals surface area contributed by atoms with Gasteiger partial charge in [0.1, 0.15) is 5.75 Å². The minimum atomic E-state index is -0.0980. The van der Waals surface area contributed by atoms with Crippen molar-refractivity contribution in [2.75, 3.05) is 18.2 Å². The molecule has 0 saturated carbocycles. The van der Waals surface area contributed by atoms with Gasteiger partial charge >= 0.3 is 0 Å². The molecule has 0 atom stereocenters. The molecule has 0 saturated heterocycles. The lowest BCUT2D eigenvalue weighted by Gasteiger charge is -2.10. The number of thioether (sulfide) groups is 1. The van der Waals surface area contributed by atoms with Crippen molar-refractivity contribution in [1.82, 2.24) is 9.97 Å². The number of benzene rings is 2. The zero-order valence-electron chi connectivity index (χ0n) is 13.0. The van der Waals surface area contributed by atoms with Crippen molar-refractivity contribution in [3.05, 3.63) is 47.5 Å². The summed E-state index contributed by atoms with van der Waals surface area (Å²) in [6, 6.07) is 12.9. The predicted octanol–water partition coefficient (Wildman–Crippen LogP) is 4.35. The van der Waals surface area contributed by atoms with Crippen LogP contribution in [0.15, 0.2) is 47.6 Å². The van der Waals surface area contributed by atoms with Crippen LogP contribution in [0, 0.1) is 0 Å². The monoisotopic (exact) mass is 361 g/mol. The third kappa shape index (κ3) is 4.01. The van der Waals surface area contributed by atoms with E-state index >= 15 is 0 Å². The van der Waals surface area contributed by atoms with Crippen molar-refractivity contribution in [3.8, 4) is 5.75 Å². The third-order valence-electron chi connectivity index (χ3n) is 3.37. The Morgan fingerprint density at radius 1 is 1.33 bits per heavy atom. The van der Waals surface area contributed by atoms with Crippen LogP contribution in [0.4, 0.5) is 5.69 Å². The zero-order valence-corrected chi connectivity index (χ0v) is 14.6. The summed E-state index contributed by atoms with van der Waals surface area (Å²) in [6.07, 6.45) is 0.359. The molecule has 0 fully saturated rings. The molecule has 0 bridgehead atoms. The van der Waals surface area contributed by atoms with Crippen molar-refractivity contribution < 1.29 is 9.53 Å². The van der Waals surface area contributed by atoms with Crippen molar-refractivity contribution in [1.29, 1.82) is 0 Å². The lowest BCUT2D eigenvalue weighted by Crippen LogP contribution is -2.13. The topological polar surface area (TPSA) is 67.0 Å². The van der Waals surface area contributed by atoms with E-state index in [4.69, 9.17) is 16.3 Å². The van der Waals surface area contributed by atoms with Crippen molar-refractivity contribution in [3.63, 3.8) is 0 Å². The number of ether oxygens (including phenoxy) is 1. The van der Waals surface area contributed by atoms with E-state index in [0.29, 0.717) is 28.6 Å². The molecule has 1 amide bonds. The Kier molecular flexibility index (Phi) is 5.27. The molecule has 2 N–H and O–H groups in total. The normalized spacial score (nSPS) is 10.8. The maximum absolute atomic E-state index is 12.1. The zero-order chi connectivity index (χ0) is 16.9. The van der Waals surface area contributed by atoms with Gasteiger partial charge in [0.25, 0.3) is 0 Å². The number of methoxy groups -OCH3 is 1. The maximum Gasteiger partial charge on any atom is 0.225 e. The highest BCUT2D eigenvalue weighted by atomic mass is 35.5. The van der Waals surface area contributed by atoms with E-state index in [1.165, 1.54) is 11.8 Å². The van der Waals surface area contributed by atoms with E-state index in [1.807, 2.05) is 24.3 Å². The average molecular weight is 362 g/mol. The fourth-order valence-electron chi connectivity index (χ4n) is 2.23. The van der Waals surface area contributed by atoms with Crippen molar-refractivity contribution >= 4 is 46.0 Å². The molecule has 0 radical (unpaired) electrons. The first-order valence-electron chi connectivity index (χ1n) is 7.36. The Bertz CT molecular complexity index is 833. The smallest absolute Gasteiger partial charge is 0.225 e. The number of carbonyl (C=O) groups excluding carboxylic acids is 1. The second-order valence-electron chi connectivity index (χ2n) is 5.05. The summed E-state index contributed by atoms with van der Waals surface area (Å²) < 4.78 is 5.22. The number of nitrogens with zero attached hydrogens (tertiary/aromatic N) is 1. The summed E-state index contributed by atoms with van der Waals surface area (Å²) in [5.41, 5.74) is 2.49. The van der Waals surface area contributed by atoms with Crippen molar-refractivity contribution in [2.45, 2.75) is 11.6 Å². The van der Waals surface area contributed by atoms with E-state index in [-0.39, 0.29) is 5.91 Å². The van der Waals surface area contributed by atoms with Crippen LogP contribution in [0.5, 0.6) is 5.75 Å². The highest BCUT2D eigenvalue weighted by molar-refractivity contribution is 7.99. The van der Waals surface area contributed by atoms with E-state index < -0.39 is 0 Å². The Labute approximate surface area is 148 Å². The van der Waals surface area contributed by atoms with Gasteiger partial charge in [-0.15, -0.1) is 0 Å². The number of H-pyrrole nitrogens is 1. The van der Waals surface area contributed by atoms with Gasteiger partial charge in [-0.2, -0.15) is 0 Å². The van der Waals surface area contributed by atoms with Crippen LogP contribution in [0.25, 0.3) is 11.0 Å². The summed E-state index contributed by atoms with van der Waals surface area (Å²) in [5.74, 6) is 1.10. The average Bonchev–Trinajstić information content (AvgIpc) is 2.97. The molecule has 0 aliphatic rings. The van der Waals surface area contributed by atoms with Crippen LogP contribution >= 0.6 is 23.4 Å². The summed E-state index contributed by atoms with van der Waals surface area (Å²) >= 11 is 7.47. The number of para-hydroxylation sites is 2. The van der Waals surface area contributed by atoms with Crippen LogP contribution in [-0.4, -0.2) is 28.7 Å². The third-order valence-corrected chi connectivity index (χ3v) is 4.48. The minimum absolute atomic E-state index is 0.0980. The fraction of sp³-hybridized carbons (Fsp3) is 0.176. The van der Waals surface area contributed by atoms with Gasteiger partial charge < -0.3 is 15.0 Å². The number of rotatable bonds is 6. The first kappa shape index (κ1) is 16.7. The number of aromatic nitrogens is 2. The number of hydrogen-bond acceptors (Lipinski definition) is 4. The molecule has 0 unspecified atom stereocenters. The van der Waals surface area contributed by atoms with Gasteiger partial charge in [-0.3, -0.25) is 4.79 Å². The number of aromatic amines is 1. The molecule has 2 aromatic carbocycles.